The zero-order chi connectivity index (χ0) is 17.9. The number of fused-ring (bicyclic) bond motifs is 1. The number of hydrogen-bond acceptors (Lipinski definition) is 4. The van der Waals surface area contributed by atoms with E-state index in [1.165, 1.54) is 12.1 Å². The Morgan fingerprint density at radius 3 is 2.73 bits per heavy atom. The molecule has 1 amide bonds. The molecule has 1 N–H and O–H groups in total. The molecule has 0 radical (unpaired) electrons. The number of halogens is 1. The van der Waals surface area contributed by atoms with Gasteiger partial charge in [0.05, 0.1) is 18.8 Å². The molecule has 2 heterocycles. The third-order valence-electron chi connectivity index (χ3n) is 4.35. The smallest absolute Gasteiger partial charge is 0.274 e. The number of amides is 1. The second kappa shape index (κ2) is 7.05. The largest absolute Gasteiger partial charge is 0.365 e. The van der Waals surface area contributed by atoms with Crippen LogP contribution in [0, 0.1) is 5.82 Å². The van der Waals surface area contributed by atoms with Crippen molar-refractivity contribution in [3.8, 4) is 0 Å². The maximum absolute atomic E-state index is 13.1. The second-order valence-corrected chi connectivity index (χ2v) is 6.09. The lowest BCUT2D eigenvalue weighted by atomic mass is 10.1. The summed E-state index contributed by atoms with van der Waals surface area (Å²) in [4.78, 5) is 12.4. The van der Waals surface area contributed by atoms with E-state index in [9.17, 15) is 9.18 Å². The SMILES string of the molecule is O=C(NCc1ccccc1)c1nnn2c1CO[C@@H](c1ccc(F)cc1)C2. The molecule has 0 bridgehead atoms. The van der Waals surface area contributed by atoms with E-state index < -0.39 is 0 Å². The normalized spacial score (nSPS) is 16.1. The molecule has 0 fully saturated rings. The van der Waals surface area contributed by atoms with Crippen molar-refractivity contribution in [2.75, 3.05) is 0 Å². The number of benzene rings is 2. The number of nitrogens with zero attached hydrogens (tertiary/aromatic N) is 3. The first-order chi connectivity index (χ1) is 12.7. The average Bonchev–Trinajstić information content (AvgIpc) is 3.11. The number of nitrogens with one attached hydrogen (secondary N) is 1. The van der Waals surface area contributed by atoms with Crippen LogP contribution in [0.15, 0.2) is 54.6 Å². The molecule has 7 heteroatoms. The fraction of sp³-hybridized carbons (Fsp3) is 0.211. The van der Waals surface area contributed by atoms with Gasteiger partial charge in [0.1, 0.15) is 11.9 Å². The highest BCUT2D eigenvalue weighted by Crippen LogP contribution is 2.27. The zero-order valence-electron chi connectivity index (χ0n) is 13.9. The average molecular weight is 352 g/mol. The molecule has 0 saturated carbocycles. The fourth-order valence-electron chi connectivity index (χ4n) is 2.93. The lowest BCUT2D eigenvalue weighted by molar-refractivity contribution is -0.00180. The van der Waals surface area contributed by atoms with Crippen molar-refractivity contribution in [2.24, 2.45) is 0 Å². The number of ether oxygens (including phenoxy) is 1. The predicted octanol–water partition coefficient (Wildman–Crippen LogP) is 2.62. The predicted molar refractivity (Wildman–Crippen MR) is 91.6 cm³/mol. The van der Waals surface area contributed by atoms with Crippen LogP contribution < -0.4 is 5.32 Å². The first kappa shape index (κ1) is 16.4. The molecule has 4 rings (SSSR count). The van der Waals surface area contributed by atoms with Crippen LogP contribution in [0.25, 0.3) is 0 Å². The highest BCUT2D eigenvalue weighted by atomic mass is 19.1. The van der Waals surface area contributed by atoms with E-state index in [0.717, 1.165) is 11.1 Å². The van der Waals surface area contributed by atoms with Gasteiger partial charge < -0.3 is 10.1 Å². The summed E-state index contributed by atoms with van der Waals surface area (Å²) in [6.45, 7) is 1.08. The molecule has 2 aromatic carbocycles. The van der Waals surface area contributed by atoms with Crippen molar-refractivity contribution in [1.29, 1.82) is 0 Å². The van der Waals surface area contributed by atoms with Crippen molar-refractivity contribution in [3.63, 3.8) is 0 Å². The molecular formula is C19H17FN4O2. The van der Waals surface area contributed by atoms with Crippen molar-refractivity contribution < 1.29 is 13.9 Å². The van der Waals surface area contributed by atoms with Crippen LogP contribution in [0.5, 0.6) is 0 Å². The van der Waals surface area contributed by atoms with Gasteiger partial charge in [-0.2, -0.15) is 0 Å². The minimum Gasteiger partial charge on any atom is -0.365 e. The third kappa shape index (κ3) is 3.34. The van der Waals surface area contributed by atoms with E-state index in [1.807, 2.05) is 30.3 Å². The summed E-state index contributed by atoms with van der Waals surface area (Å²) < 4.78 is 20.6. The van der Waals surface area contributed by atoms with Gasteiger partial charge in [-0.05, 0) is 23.3 Å². The van der Waals surface area contributed by atoms with E-state index in [1.54, 1.807) is 16.8 Å². The van der Waals surface area contributed by atoms with Gasteiger partial charge in [-0.1, -0.05) is 47.7 Å². The molecule has 1 aliphatic heterocycles. The molecule has 26 heavy (non-hydrogen) atoms. The van der Waals surface area contributed by atoms with Crippen LogP contribution in [-0.2, 0) is 24.4 Å². The summed E-state index contributed by atoms with van der Waals surface area (Å²) in [6.07, 6.45) is -0.245. The van der Waals surface area contributed by atoms with Crippen LogP contribution in [0.2, 0.25) is 0 Å². The molecule has 1 aromatic heterocycles. The fourth-order valence-corrected chi connectivity index (χ4v) is 2.93. The summed E-state index contributed by atoms with van der Waals surface area (Å²) in [5.74, 6) is -0.567. The minimum atomic E-state index is -0.289. The molecule has 1 aliphatic rings. The van der Waals surface area contributed by atoms with E-state index in [4.69, 9.17) is 4.74 Å². The quantitative estimate of drug-likeness (QED) is 0.784. The zero-order valence-corrected chi connectivity index (χ0v) is 13.9. The Morgan fingerprint density at radius 2 is 1.96 bits per heavy atom. The van der Waals surface area contributed by atoms with Crippen LogP contribution in [0.1, 0.15) is 33.4 Å². The number of aromatic nitrogens is 3. The van der Waals surface area contributed by atoms with Gasteiger partial charge in [-0.25, -0.2) is 9.07 Å². The van der Waals surface area contributed by atoms with Gasteiger partial charge in [0, 0.05) is 6.54 Å². The molecule has 0 aliphatic carbocycles. The van der Waals surface area contributed by atoms with Crippen molar-refractivity contribution in [1.82, 2.24) is 20.3 Å². The Bertz CT molecular complexity index is 909. The molecule has 132 valence electrons. The highest BCUT2D eigenvalue weighted by Gasteiger charge is 2.27. The Balaban J connectivity index is 1.45. The lowest BCUT2D eigenvalue weighted by Crippen LogP contribution is -2.27. The monoisotopic (exact) mass is 352 g/mol. The lowest BCUT2D eigenvalue weighted by Gasteiger charge is -2.24. The number of hydrogen-bond donors (Lipinski definition) is 1. The van der Waals surface area contributed by atoms with Gasteiger partial charge in [0.15, 0.2) is 5.69 Å². The molecule has 0 saturated heterocycles. The van der Waals surface area contributed by atoms with Gasteiger partial charge in [-0.15, -0.1) is 5.10 Å². The molecule has 1 atom stereocenters. The standard InChI is InChI=1S/C19H17FN4O2/c20-15-8-6-14(7-9-15)17-11-24-16(12-26-17)18(22-23-24)19(25)21-10-13-4-2-1-3-5-13/h1-9,17H,10-12H2,(H,21,25)/t17-/m1/s1. The summed E-state index contributed by atoms with van der Waals surface area (Å²) in [5.41, 5.74) is 2.80. The van der Waals surface area contributed by atoms with Crippen molar-refractivity contribution in [3.05, 3.63) is 82.9 Å². The third-order valence-corrected chi connectivity index (χ3v) is 4.35. The first-order valence-electron chi connectivity index (χ1n) is 8.32. The van der Waals surface area contributed by atoms with Gasteiger partial charge in [-0.3, -0.25) is 4.79 Å². The van der Waals surface area contributed by atoms with Crippen LogP contribution in [0.3, 0.4) is 0 Å². The Labute approximate surface area is 149 Å². The van der Waals surface area contributed by atoms with Gasteiger partial charge >= 0.3 is 0 Å². The summed E-state index contributed by atoms with van der Waals surface area (Å²) in [7, 11) is 0. The number of carbonyl (C=O) groups excluding carboxylic acids is 1. The molecule has 0 unspecified atom stereocenters. The molecule has 6 nitrogen and oxygen atoms in total. The summed E-state index contributed by atoms with van der Waals surface area (Å²) in [5, 5.41) is 10.9. The topological polar surface area (TPSA) is 69.0 Å². The number of rotatable bonds is 4. The summed E-state index contributed by atoms with van der Waals surface area (Å²) >= 11 is 0. The minimum absolute atomic E-state index is 0.225. The van der Waals surface area contributed by atoms with Crippen molar-refractivity contribution in [2.45, 2.75) is 25.8 Å². The van der Waals surface area contributed by atoms with Gasteiger partial charge in [0.2, 0.25) is 0 Å². The maximum atomic E-state index is 13.1. The Kier molecular flexibility index (Phi) is 4.45. The first-order valence-corrected chi connectivity index (χ1v) is 8.32. The molecule has 3 aromatic rings. The van der Waals surface area contributed by atoms with E-state index in [2.05, 4.69) is 15.6 Å². The molecule has 0 spiro atoms. The highest BCUT2D eigenvalue weighted by molar-refractivity contribution is 5.93. The Hall–Kier alpha value is -3.06. The van der Waals surface area contributed by atoms with E-state index in [-0.39, 0.29) is 30.1 Å². The maximum Gasteiger partial charge on any atom is 0.274 e. The molecular weight excluding hydrogens is 335 g/mol. The number of carbonyl (C=O) groups is 1. The van der Waals surface area contributed by atoms with Crippen LogP contribution >= 0.6 is 0 Å². The summed E-state index contributed by atoms with van der Waals surface area (Å²) in [6, 6.07) is 15.8. The van der Waals surface area contributed by atoms with E-state index >= 15 is 0 Å². The second-order valence-electron chi connectivity index (χ2n) is 6.09. The van der Waals surface area contributed by atoms with Crippen LogP contribution in [0.4, 0.5) is 4.39 Å². The van der Waals surface area contributed by atoms with Crippen LogP contribution in [-0.4, -0.2) is 20.9 Å². The van der Waals surface area contributed by atoms with Crippen molar-refractivity contribution >= 4 is 5.91 Å². The Morgan fingerprint density at radius 1 is 1.19 bits per heavy atom. The van der Waals surface area contributed by atoms with E-state index in [0.29, 0.717) is 18.8 Å². The van der Waals surface area contributed by atoms with Gasteiger partial charge in [0.25, 0.3) is 5.91 Å².